The minimum Gasteiger partial charge on any atom is -0.396 e. The molecule has 0 bridgehead atoms. The second-order valence-electron chi connectivity index (χ2n) is 8.73. The Balaban J connectivity index is 1.31. The molecule has 2 aromatic carbocycles. The number of hydrogen-bond donors (Lipinski definition) is 4. The van der Waals surface area contributed by atoms with Crippen molar-refractivity contribution in [2.75, 3.05) is 12.3 Å². The highest BCUT2D eigenvalue weighted by Crippen LogP contribution is 2.38. The molecule has 6 nitrogen and oxygen atoms in total. The number of nitrogen functional groups attached to an aromatic ring is 1. The fourth-order valence-electron chi connectivity index (χ4n) is 4.71. The Morgan fingerprint density at radius 1 is 1.22 bits per heavy atom. The molecule has 8 heteroatoms. The van der Waals surface area contributed by atoms with Crippen LogP contribution in [0.2, 0.25) is 0 Å². The number of hydrogen-bond acceptors (Lipinski definition) is 4. The maximum absolute atomic E-state index is 14.0. The van der Waals surface area contributed by atoms with Gasteiger partial charge in [-0.05, 0) is 56.2 Å². The van der Waals surface area contributed by atoms with Crippen molar-refractivity contribution in [3.05, 3.63) is 64.7 Å². The van der Waals surface area contributed by atoms with Crippen LogP contribution in [0.25, 0.3) is 0 Å². The van der Waals surface area contributed by atoms with E-state index < -0.39 is 29.6 Å². The summed E-state index contributed by atoms with van der Waals surface area (Å²) in [5.41, 5.74) is 7.54. The molecule has 1 aliphatic carbocycles. The number of halogens is 2. The molecule has 2 aliphatic rings. The third-order valence-corrected chi connectivity index (χ3v) is 6.42. The first-order chi connectivity index (χ1) is 15.3. The minimum atomic E-state index is -0.832. The molecule has 32 heavy (non-hydrogen) atoms. The van der Waals surface area contributed by atoms with Crippen LogP contribution in [0.15, 0.2) is 36.4 Å². The molecule has 0 spiro atoms. The summed E-state index contributed by atoms with van der Waals surface area (Å²) >= 11 is 0. The van der Waals surface area contributed by atoms with Gasteiger partial charge in [0.15, 0.2) is 0 Å². The largest absolute Gasteiger partial charge is 0.396 e. The SMILES string of the molecule is C[C@H](NC(=O)C1CC(Cc2ccccc2)CN1)C(=O)NC1CCc2c(F)cc(F)c(N)c21. The van der Waals surface area contributed by atoms with Crippen LogP contribution in [0.5, 0.6) is 0 Å². The first-order valence-corrected chi connectivity index (χ1v) is 11.0. The maximum atomic E-state index is 14.0. The third kappa shape index (κ3) is 4.60. The average Bonchev–Trinajstić information content (AvgIpc) is 3.40. The van der Waals surface area contributed by atoms with Gasteiger partial charge in [-0.2, -0.15) is 0 Å². The molecule has 4 atom stereocenters. The van der Waals surface area contributed by atoms with Gasteiger partial charge >= 0.3 is 0 Å². The Morgan fingerprint density at radius 2 is 1.97 bits per heavy atom. The van der Waals surface area contributed by atoms with Gasteiger partial charge in [0.1, 0.15) is 17.7 Å². The van der Waals surface area contributed by atoms with E-state index in [2.05, 4.69) is 28.1 Å². The predicted octanol–water partition coefficient (Wildman–Crippen LogP) is 2.38. The van der Waals surface area contributed by atoms with Gasteiger partial charge in [0.2, 0.25) is 11.8 Å². The molecular formula is C24H28F2N4O2. The van der Waals surface area contributed by atoms with Crippen LogP contribution < -0.4 is 21.7 Å². The molecule has 170 valence electrons. The molecule has 1 fully saturated rings. The van der Waals surface area contributed by atoms with E-state index in [1.54, 1.807) is 6.92 Å². The van der Waals surface area contributed by atoms with Crippen molar-refractivity contribution < 1.29 is 18.4 Å². The highest BCUT2D eigenvalue weighted by Gasteiger charge is 2.33. The second-order valence-corrected chi connectivity index (χ2v) is 8.73. The van der Waals surface area contributed by atoms with E-state index in [-0.39, 0.29) is 17.6 Å². The van der Waals surface area contributed by atoms with Crippen molar-refractivity contribution in [1.29, 1.82) is 0 Å². The number of anilines is 1. The van der Waals surface area contributed by atoms with Crippen molar-refractivity contribution in [3.63, 3.8) is 0 Å². The molecule has 5 N–H and O–H groups in total. The Kier molecular flexibility index (Phi) is 6.41. The van der Waals surface area contributed by atoms with Gasteiger partial charge in [0.25, 0.3) is 0 Å². The Bertz CT molecular complexity index is 1010. The Labute approximate surface area is 185 Å². The summed E-state index contributed by atoms with van der Waals surface area (Å²) in [4.78, 5) is 25.3. The summed E-state index contributed by atoms with van der Waals surface area (Å²) in [6.07, 6.45) is 2.38. The quantitative estimate of drug-likeness (QED) is 0.517. The lowest BCUT2D eigenvalue weighted by molar-refractivity contribution is -0.129. The van der Waals surface area contributed by atoms with Crippen LogP contribution in [0.3, 0.4) is 0 Å². The van der Waals surface area contributed by atoms with Crippen molar-refractivity contribution in [2.24, 2.45) is 5.92 Å². The summed E-state index contributed by atoms with van der Waals surface area (Å²) < 4.78 is 27.9. The van der Waals surface area contributed by atoms with Gasteiger partial charge < -0.3 is 21.7 Å². The number of benzene rings is 2. The van der Waals surface area contributed by atoms with E-state index in [1.807, 2.05) is 18.2 Å². The van der Waals surface area contributed by atoms with Crippen molar-refractivity contribution in [2.45, 2.75) is 50.7 Å². The maximum Gasteiger partial charge on any atom is 0.242 e. The second kappa shape index (κ2) is 9.24. The summed E-state index contributed by atoms with van der Waals surface area (Å²) in [5.74, 6) is -1.78. The number of amides is 2. The summed E-state index contributed by atoms with van der Waals surface area (Å²) in [5, 5.41) is 8.76. The molecular weight excluding hydrogens is 414 g/mol. The average molecular weight is 443 g/mol. The van der Waals surface area contributed by atoms with Crippen molar-refractivity contribution >= 4 is 17.5 Å². The first kappa shape index (κ1) is 22.2. The van der Waals surface area contributed by atoms with E-state index in [9.17, 15) is 18.4 Å². The van der Waals surface area contributed by atoms with E-state index in [0.717, 1.165) is 19.0 Å². The molecule has 1 saturated heterocycles. The Hall–Kier alpha value is -3.00. The normalized spacial score (nSPS) is 22.9. The summed E-state index contributed by atoms with van der Waals surface area (Å²) in [6.45, 7) is 2.33. The number of nitrogens with one attached hydrogen (secondary N) is 3. The fourth-order valence-corrected chi connectivity index (χ4v) is 4.71. The van der Waals surface area contributed by atoms with Crippen LogP contribution in [-0.2, 0) is 22.4 Å². The van der Waals surface area contributed by atoms with Gasteiger partial charge in [-0.1, -0.05) is 30.3 Å². The fraction of sp³-hybridized carbons (Fsp3) is 0.417. The highest BCUT2D eigenvalue weighted by atomic mass is 19.1. The van der Waals surface area contributed by atoms with Crippen LogP contribution in [0.1, 0.15) is 42.5 Å². The molecule has 0 saturated carbocycles. The van der Waals surface area contributed by atoms with E-state index in [0.29, 0.717) is 36.3 Å². The molecule has 0 radical (unpaired) electrons. The van der Waals surface area contributed by atoms with Crippen LogP contribution >= 0.6 is 0 Å². The summed E-state index contributed by atoms with van der Waals surface area (Å²) in [6, 6.07) is 9.18. The molecule has 2 aromatic rings. The summed E-state index contributed by atoms with van der Waals surface area (Å²) in [7, 11) is 0. The van der Waals surface area contributed by atoms with Gasteiger partial charge in [0.05, 0.1) is 17.8 Å². The minimum absolute atomic E-state index is 0.138. The number of rotatable bonds is 6. The van der Waals surface area contributed by atoms with Gasteiger partial charge in [-0.25, -0.2) is 8.78 Å². The lowest BCUT2D eigenvalue weighted by Gasteiger charge is -2.21. The van der Waals surface area contributed by atoms with Crippen LogP contribution in [-0.4, -0.2) is 30.4 Å². The molecule has 0 aromatic heterocycles. The number of carbonyl (C=O) groups excluding carboxylic acids is 2. The van der Waals surface area contributed by atoms with Gasteiger partial charge in [-0.3, -0.25) is 9.59 Å². The zero-order valence-electron chi connectivity index (χ0n) is 18.0. The molecule has 2 amide bonds. The molecule has 1 heterocycles. The standard InChI is InChI=1S/C24H28F2N4O2/c1-13(23(31)30-19-8-7-16-17(25)11-18(26)22(27)21(16)19)29-24(32)20-10-15(12-28-20)9-14-5-3-2-4-6-14/h2-6,11,13,15,19-20,28H,7-10,12,27H2,1H3,(H,29,32)(H,30,31)/t13-,15?,19?,20?/m0/s1. The van der Waals surface area contributed by atoms with E-state index in [4.69, 9.17) is 5.73 Å². The first-order valence-electron chi connectivity index (χ1n) is 11.0. The highest BCUT2D eigenvalue weighted by molar-refractivity contribution is 5.90. The molecule has 4 rings (SSSR count). The van der Waals surface area contributed by atoms with Gasteiger partial charge in [-0.15, -0.1) is 0 Å². The van der Waals surface area contributed by atoms with Crippen LogP contribution in [0, 0.1) is 17.6 Å². The monoisotopic (exact) mass is 442 g/mol. The third-order valence-electron chi connectivity index (χ3n) is 6.42. The number of carbonyl (C=O) groups is 2. The zero-order chi connectivity index (χ0) is 22.8. The number of nitrogens with two attached hydrogens (primary N) is 1. The topological polar surface area (TPSA) is 96.2 Å². The predicted molar refractivity (Wildman–Crippen MR) is 118 cm³/mol. The van der Waals surface area contributed by atoms with Gasteiger partial charge in [0, 0.05) is 11.6 Å². The molecule has 3 unspecified atom stereocenters. The van der Waals surface area contributed by atoms with Crippen molar-refractivity contribution in [1.82, 2.24) is 16.0 Å². The van der Waals surface area contributed by atoms with E-state index in [1.165, 1.54) is 5.56 Å². The van der Waals surface area contributed by atoms with Crippen LogP contribution in [0.4, 0.5) is 14.5 Å². The molecule has 1 aliphatic heterocycles. The van der Waals surface area contributed by atoms with Crippen molar-refractivity contribution in [3.8, 4) is 0 Å². The Morgan fingerprint density at radius 3 is 2.72 bits per heavy atom. The van der Waals surface area contributed by atoms with E-state index >= 15 is 0 Å². The smallest absolute Gasteiger partial charge is 0.242 e. The zero-order valence-corrected chi connectivity index (χ0v) is 18.0. The number of fused-ring (bicyclic) bond motifs is 1. The lowest BCUT2D eigenvalue weighted by atomic mass is 9.96. The lowest BCUT2D eigenvalue weighted by Crippen LogP contribution is -2.50.